The van der Waals surface area contributed by atoms with Crippen LogP contribution < -0.4 is 0 Å². The van der Waals surface area contributed by atoms with Crippen molar-refractivity contribution in [1.29, 1.82) is 0 Å². The lowest BCUT2D eigenvalue weighted by Crippen LogP contribution is -2.39. The van der Waals surface area contributed by atoms with Crippen LogP contribution in [0.4, 0.5) is 0 Å². The van der Waals surface area contributed by atoms with Crippen LogP contribution in [0.2, 0.25) is 0 Å². The van der Waals surface area contributed by atoms with Crippen LogP contribution in [0.15, 0.2) is 60.7 Å². The fourth-order valence-corrected chi connectivity index (χ4v) is 2.45. The Kier molecular flexibility index (Phi) is 7.66. The van der Waals surface area contributed by atoms with E-state index in [1.54, 1.807) is 0 Å². The SMILES string of the molecule is O=C(O)CN(CCc1ccccc1)C(=O)COCCc1ccccc1. The number of carboxylic acids is 1. The van der Waals surface area contributed by atoms with E-state index < -0.39 is 5.97 Å². The number of hydrogen-bond donors (Lipinski definition) is 1. The zero-order valence-electron chi connectivity index (χ0n) is 14.1. The average molecular weight is 341 g/mol. The van der Waals surface area contributed by atoms with Crippen molar-refractivity contribution < 1.29 is 19.4 Å². The number of nitrogens with zero attached hydrogens (tertiary/aromatic N) is 1. The quantitative estimate of drug-likeness (QED) is 0.674. The third-order valence-corrected chi connectivity index (χ3v) is 3.80. The predicted molar refractivity (Wildman–Crippen MR) is 95.3 cm³/mol. The van der Waals surface area contributed by atoms with Crippen LogP contribution in [0.1, 0.15) is 11.1 Å². The highest BCUT2D eigenvalue weighted by Crippen LogP contribution is 2.03. The molecule has 0 fully saturated rings. The van der Waals surface area contributed by atoms with E-state index in [0.29, 0.717) is 19.6 Å². The summed E-state index contributed by atoms with van der Waals surface area (Å²) < 4.78 is 5.43. The first-order valence-corrected chi connectivity index (χ1v) is 8.30. The molecular formula is C20H23NO4. The van der Waals surface area contributed by atoms with Crippen molar-refractivity contribution in [2.75, 3.05) is 26.3 Å². The maximum absolute atomic E-state index is 12.2. The third kappa shape index (κ3) is 7.18. The van der Waals surface area contributed by atoms with Gasteiger partial charge in [-0.25, -0.2) is 0 Å². The molecular weight excluding hydrogens is 318 g/mol. The van der Waals surface area contributed by atoms with Crippen molar-refractivity contribution in [1.82, 2.24) is 4.90 Å². The van der Waals surface area contributed by atoms with Crippen molar-refractivity contribution in [2.24, 2.45) is 0 Å². The van der Waals surface area contributed by atoms with E-state index in [0.717, 1.165) is 17.5 Å². The van der Waals surface area contributed by atoms with Crippen molar-refractivity contribution in [3.63, 3.8) is 0 Å². The molecule has 5 nitrogen and oxygen atoms in total. The summed E-state index contributed by atoms with van der Waals surface area (Å²) in [4.78, 5) is 24.6. The highest BCUT2D eigenvalue weighted by Gasteiger charge is 2.16. The Morgan fingerprint density at radius 1 is 0.880 bits per heavy atom. The van der Waals surface area contributed by atoms with Gasteiger partial charge in [0.1, 0.15) is 13.2 Å². The summed E-state index contributed by atoms with van der Waals surface area (Å²) in [6, 6.07) is 19.5. The number of ether oxygens (including phenoxy) is 1. The molecule has 0 saturated carbocycles. The summed E-state index contributed by atoms with van der Waals surface area (Å²) in [5, 5.41) is 9.02. The Hall–Kier alpha value is -2.66. The molecule has 0 spiro atoms. The number of carbonyl (C=O) groups excluding carboxylic acids is 1. The van der Waals surface area contributed by atoms with Crippen LogP contribution in [0.25, 0.3) is 0 Å². The molecule has 0 aliphatic heterocycles. The topological polar surface area (TPSA) is 66.8 Å². The van der Waals surface area contributed by atoms with Gasteiger partial charge in [-0.3, -0.25) is 9.59 Å². The number of carboxylic acid groups (broad SMARTS) is 1. The second kappa shape index (κ2) is 10.3. The number of carbonyl (C=O) groups is 2. The largest absolute Gasteiger partial charge is 0.480 e. The van der Waals surface area contributed by atoms with E-state index in [1.165, 1.54) is 4.90 Å². The minimum Gasteiger partial charge on any atom is -0.480 e. The van der Waals surface area contributed by atoms with E-state index in [-0.39, 0.29) is 19.1 Å². The first-order valence-electron chi connectivity index (χ1n) is 8.30. The molecule has 0 bridgehead atoms. The molecule has 132 valence electrons. The van der Waals surface area contributed by atoms with Gasteiger partial charge in [0.25, 0.3) is 0 Å². The smallest absolute Gasteiger partial charge is 0.323 e. The normalized spacial score (nSPS) is 10.4. The lowest BCUT2D eigenvalue weighted by Gasteiger charge is -2.20. The summed E-state index contributed by atoms with van der Waals surface area (Å²) in [7, 11) is 0. The Balaban J connectivity index is 1.77. The lowest BCUT2D eigenvalue weighted by atomic mass is 10.1. The highest BCUT2D eigenvalue weighted by molar-refractivity contribution is 5.82. The molecule has 0 aliphatic carbocycles. The van der Waals surface area contributed by atoms with Crippen LogP contribution in [0, 0.1) is 0 Å². The molecule has 1 N–H and O–H groups in total. The maximum atomic E-state index is 12.2. The average Bonchev–Trinajstić information content (AvgIpc) is 2.63. The maximum Gasteiger partial charge on any atom is 0.323 e. The summed E-state index contributed by atoms with van der Waals surface area (Å²) >= 11 is 0. The van der Waals surface area contributed by atoms with Gasteiger partial charge in [0.05, 0.1) is 6.61 Å². The first-order chi connectivity index (χ1) is 12.1. The molecule has 0 atom stereocenters. The van der Waals surface area contributed by atoms with Gasteiger partial charge in [0.2, 0.25) is 5.91 Å². The zero-order chi connectivity index (χ0) is 17.9. The summed E-state index contributed by atoms with van der Waals surface area (Å²) in [6.45, 7) is 0.370. The van der Waals surface area contributed by atoms with E-state index in [9.17, 15) is 9.59 Å². The van der Waals surface area contributed by atoms with Crippen molar-refractivity contribution in [3.8, 4) is 0 Å². The van der Waals surface area contributed by atoms with Gasteiger partial charge in [-0.15, -0.1) is 0 Å². The van der Waals surface area contributed by atoms with Gasteiger partial charge in [-0.2, -0.15) is 0 Å². The van der Waals surface area contributed by atoms with Crippen LogP contribution in [0.5, 0.6) is 0 Å². The number of rotatable bonds is 10. The van der Waals surface area contributed by atoms with Crippen molar-refractivity contribution >= 4 is 11.9 Å². The predicted octanol–water partition coefficient (Wildman–Crippen LogP) is 2.40. The summed E-state index contributed by atoms with van der Waals surface area (Å²) in [5.74, 6) is -1.32. The monoisotopic (exact) mass is 341 g/mol. The molecule has 0 radical (unpaired) electrons. The Bertz CT molecular complexity index is 658. The third-order valence-electron chi connectivity index (χ3n) is 3.80. The van der Waals surface area contributed by atoms with Crippen molar-refractivity contribution in [2.45, 2.75) is 12.8 Å². The fourth-order valence-electron chi connectivity index (χ4n) is 2.45. The molecule has 2 aromatic rings. The van der Waals surface area contributed by atoms with Crippen LogP contribution >= 0.6 is 0 Å². The van der Waals surface area contributed by atoms with Gasteiger partial charge in [-0.05, 0) is 24.0 Å². The molecule has 0 aliphatic rings. The highest BCUT2D eigenvalue weighted by atomic mass is 16.5. The minimum absolute atomic E-state index is 0.102. The number of aliphatic carboxylic acids is 1. The minimum atomic E-state index is -1.02. The summed E-state index contributed by atoms with van der Waals surface area (Å²) in [6.07, 6.45) is 1.33. The number of hydrogen-bond acceptors (Lipinski definition) is 3. The van der Waals surface area contributed by atoms with Crippen LogP contribution in [-0.4, -0.2) is 48.2 Å². The molecule has 2 rings (SSSR count). The Morgan fingerprint density at radius 3 is 2.00 bits per heavy atom. The second-order valence-corrected chi connectivity index (χ2v) is 5.73. The van der Waals surface area contributed by atoms with Gasteiger partial charge in [0.15, 0.2) is 0 Å². The van der Waals surface area contributed by atoms with E-state index in [1.807, 2.05) is 60.7 Å². The number of benzene rings is 2. The lowest BCUT2D eigenvalue weighted by molar-refractivity contribution is -0.146. The molecule has 0 unspecified atom stereocenters. The fraction of sp³-hybridized carbons (Fsp3) is 0.300. The molecule has 1 amide bonds. The first kappa shape index (κ1) is 18.7. The van der Waals surface area contributed by atoms with Gasteiger partial charge >= 0.3 is 5.97 Å². The van der Waals surface area contributed by atoms with Crippen LogP contribution in [-0.2, 0) is 27.2 Å². The molecule has 25 heavy (non-hydrogen) atoms. The van der Waals surface area contributed by atoms with Crippen molar-refractivity contribution in [3.05, 3.63) is 71.8 Å². The van der Waals surface area contributed by atoms with Crippen LogP contribution in [0.3, 0.4) is 0 Å². The Labute approximate surface area is 147 Å². The van der Waals surface area contributed by atoms with E-state index >= 15 is 0 Å². The van der Waals surface area contributed by atoms with Gasteiger partial charge < -0.3 is 14.7 Å². The molecule has 0 aromatic heterocycles. The molecule has 2 aromatic carbocycles. The molecule has 0 saturated heterocycles. The molecule has 0 heterocycles. The molecule has 5 heteroatoms. The standard InChI is InChI=1S/C20H23NO4/c22-19(16-25-14-12-18-9-5-2-6-10-18)21(15-20(23)24)13-11-17-7-3-1-4-8-17/h1-10H,11-16H2,(H,23,24). The van der Waals surface area contributed by atoms with E-state index in [4.69, 9.17) is 9.84 Å². The van der Waals surface area contributed by atoms with Gasteiger partial charge in [-0.1, -0.05) is 60.7 Å². The second-order valence-electron chi connectivity index (χ2n) is 5.73. The zero-order valence-corrected chi connectivity index (χ0v) is 14.1. The van der Waals surface area contributed by atoms with Gasteiger partial charge in [0, 0.05) is 6.54 Å². The summed E-state index contributed by atoms with van der Waals surface area (Å²) in [5.41, 5.74) is 2.21. The van der Waals surface area contributed by atoms with E-state index in [2.05, 4.69) is 0 Å². The Morgan fingerprint density at radius 2 is 1.44 bits per heavy atom. The number of amides is 1.